The third kappa shape index (κ3) is 9.83. The van der Waals surface area contributed by atoms with Crippen LogP contribution in [-0.2, 0) is 0 Å². The van der Waals surface area contributed by atoms with Gasteiger partial charge in [-0.3, -0.25) is 0 Å². The van der Waals surface area contributed by atoms with E-state index in [-0.39, 0.29) is 0 Å². The molecule has 0 heterocycles. The van der Waals surface area contributed by atoms with Crippen molar-refractivity contribution in [1.82, 2.24) is 4.90 Å². The number of hydrogen-bond donors (Lipinski definition) is 0. The lowest BCUT2D eigenvalue weighted by Crippen LogP contribution is -2.18. The third-order valence-corrected chi connectivity index (χ3v) is 4.55. The average molecular weight is 199 g/mol. The van der Waals surface area contributed by atoms with Crippen LogP contribution in [0.5, 0.6) is 0 Å². The molecule has 0 aromatic carbocycles. The summed E-state index contributed by atoms with van der Waals surface area (Å²) in [4.78, 5) is 2.29. The van der Waals surface area contributed by atoms with Crippen LogP contribution in [0.2, 0.25) is 18.6 Å². The molecule has 0 amide bonds. The lowest BCUT2D eigenvalue weighted by atomic mass is 10.3. The zero-order chi connectivity index (χ0) is 10.1. The zero-order valence-electron chi connectivity index (χ0n) is 9.71. The molecule has 0 rings (SSSR count). The normalized spacial score (nSPS) is 14.2. The largest absolute Gasteiger partial charge is 0.310 e. The molecule has 13 heavy (non-hydrogen) atoms. The maximum atomic E-state index is 2.47. The maximum Gasteiger partial charge on any atom is 0.0387 e. The molecule has 0 saturated heterocycles. The number of allylic oxidation sites excluding steroid dienone is 2. The van der Waals surface area contributed by atoms with Gasteiger partial charge in [0.15, 0.2) is 0 Å². The van der Waals surface area contributed by atoms with E-state index in [4.69, 9.17) is 0 Å². The van der Waals surface area contributed by atoms with E-state index in [0.717, 1.165) is 0 Å². The molecule has 0 aliphatic heterocycles. The fourth-order valence-corrected chi connectivity index (χ4v) is 3.06. The van der Waals surface area contributed by atoms with Crippen LogP contribution in [0, 0.1) is 0 Å². The Kier molecular flexibility index (Phi) is 8.46. The predicted octanol–water partition coefficient (Wildman–Crippen LogP) is 2.76. The van der Waals surface area contributed by atoms with Gasteiger partial charge in [-0.05, 0) is 39.1 Å². The molecule has 0 bridgehead atoms. The van der Waals surface area contributed by atoms with Gasteiger partial charge >= 0.3 is 0 Å². The second kappa shape index (κ2) is 8.51. The molecule has 0 aliphatic rings. The first-order chi connectivity index (χ1) is 6.16. The molecule has 0 aromatic heterocycles. The van der Waals surface area contributed by atoms with Crippen LogP contribution in [-0.4, -0.2) is 34.3 Å². The van der Waals surface area contributed by atoms with E-state index in [1.165, 1.54) is 31.5 Å². The summed E-state index contributed by atoms with van der Waals surface area (Å²) in [5.74, 6) is 0. The van der Waals surface area contributed by atoms with Crippen molar-refractivity contribution in [3.8, 4) is 0 Å². The van der Waals surface area contributed by atoms with Crippen molar-refractivity contribution in [3.05, 3.63) is 12.2 Å². The Hall–Kier alpha value is -0.0831. The highest BCUT2D eigenvalue weighted by Gasteiger charge is 2.01. The van der Waals surface area contributed by atoms with E-state index in [0.29, 0.717) is 0 Å². The highest BCUT2D eigenvalue weighted by atomic mass is 28.3. The second-order valence-corrected chi connectivity index (χ2v) is 7.45. The molecule has 0 aromatic rings. The second-order valence-electron chi connectivity index (χ2n) is 4.19. The van der Waals surface area contributed by atoms with Crippen molar-refractivity contribution in [1.29, 1.82) is 0 Å². The molecule has 1 unspecified atom stereocenters. The summed E-state index contributed by atoms with van der Waals surface area (Å²) < 4.78 is 0. The highest BCUT2D eigenvalue weighted by molar-refractivity contribution is 6.57. The fraction of sp³-hybridized carbons (Fsp3) is 0.818. The van der Waals surface area contributed by atoms with Gasteiger partial charge in [0.1, 0.15) is 0 Å². The monoisotopic (exact) mass is 199 g/mol. The Labute approximate surface area is 85.4 Å². The van der Waals surface area contributed by atoms with Gasteiger partial charge < -0.3 is 4.90 Å². The number of rotatable bonds is 7. The van der Waals surface area contributed by atoms with Crippen molar-refractivity contribution in [3.63, 3.8) is 0 Å². The molecule has 0 N–H and O–H groups in total. The summed E-state index contributed by atoms with van der Waals surface area (Å²) in [5.41, 5.74) is 0. The Morgan fingerprint density at radius 3 is 2.46 bits per heavy atom. The van der Waals surface area contributed by atoms with Crippen LogP contribution < -0.4 is 0 Å². The third-order valence-electron chi connectivity index (χ3n) is 2.23. The van der Waals surface area contributed by atoms with Crippen molar-refractivity contribution in [2.75, 3.05) is 20.6 Å². The van der Waals surface area contributed by atoms with Crippen molar-refractivity contribution < 1.29 is 0 Å². The van der Waals surface area contributed by atoms with Crippen LogP contribution in [0.3, 0.4) is 0 Å². The first-order valence-electron chi connectivity index (χ1n) is 5.46. The van der Waals surface area contributed by atoms with E-state index in [1.54, 1.807) is 0 Å². The predicted molar refractivity (Wildman–Crippen MR) is 65.2 cm³/mol. The molecular formula is C11H25NSi. The molecule has 0 saturated carbocycles. The Morgan fingerprint density at radius 2 is 1.92 bits per heavy atom. The first-order valence-corrected chi connectivity index (χ1v) is 8.25. The smallest absolute Gasteiger partial charge is 0.0387 e. The minimum atomic E-state index is -0.429. The SMILES string of the molecule is CCCC=CC[SiH](C)CCN(C)C. The lowest BCUT2D eigenvalue weighted by molar-refractivity contribution is 0.432. The van der Waals surface area contributed by atoms with Gasteiger partial charge in [-0.2, -0.15) is 0 Å². The van der Waals surface area contributed by atoms with Crippen molar-refractivity contribution in [2.24, 2.45) is 0 Å². The van der Waals surface area contributed by atoms with Crippen LogP contribution in [0.1, 0.15) is 19.8 Å². The van der Waals surface area contributed by atoms with Crippen LogP contribution in [0.15, 0.2) is 12.2 Å². The first kappa shape index (κ1) is 12.9. The standard InChI is InChI=1S/C11H25NSi/c1-5-6-7-8-10-13(4)11-9-12(2)3/h7-8,13H,5-6,9-11H2,1-4H3. The van der Waals surface area contributed by atoms with Crippen LogP contribution >= 0.6 is 0 Å². The van der Waals surface area contributed by atoms with Gasteiger partial charge in [-0.1, -0.05) is 32.0 Å². The molecule has 2 heteroatoms. The topological polar surface area (TPSA) is 3.24 Å². The quantitative estimate of drug-likeness (QED) is 0.450. The molecule has 78 valence electrons. The minimum absolute atomic E-state index is 0.429. The summed E-state index contributed by atoms with van der Waals surface area (Å²) >= 11 is 0. The van der Waals surface area contributed by atoms with Crippen molar-refractivity contribution >= 4 is 8.80 Å². The number of unbranched alkanes of at least 4 members (excludes halogenated alkanes) is 1. The molecular weight excluding hydrogens is 174 g/mol. The van der Waals surface area contributed by atoms with Gasteiger partial charge in [0.25, 0.3) is 0 Å². The lowest BCUT2D eigenvalue weighted by Gasteiger charge is -2.12. The molecule has 1 nitrogen and oxygen atoms in total. The summed E-state index contributed by atoms with van der Waals surface area (Å²) in [6, 6.07) is 2.83. The van der Waals surface area contributed by atoms with Crippen molar-refractivity contribution in [2.45, 2.75) is 38.4 Å². The average Bonchev–Trinajstić information content (AvgIpc) is 2.09. The number of nitrogens with zero attached hydrogens (tertiary/aromatic N) is 1. The molecule has 1 atom stereocenters. The van der Waals surface area contributed by atoms with E-state index >= 15 is 0 Å². The van der Waals surface area contributed by atoms with E-state index < -0.39 is 8.80 Å². The van der Waals surface area contributed by atoms with Gasteiger partial charge in [-0.25, -0.2) is 0 Å². The van der Waals surface area contributed by atoms with E-state index in [2.05, 4.69) is 44.6 Å². The Morgan fingerprint density at radius 1 is 1.23 bits per heavy atom. The molecule has 0 spiro atoms. The zero-order valence-corrected chi connectivity index (χ0v) is 10.9. The summed E-state index contributed by atoms with van der Waals surface area (Å²) in [5, 5.41) is 0. The number of hydrogen-bond acceptors (Lipinski definition) is 1. The summed E-state index contributed by atoms with van der Waals surface area (Å²) in [7, 11) is 3.89. The van der Waals surface area contributed by atoms with E-state index in [1.807, 2.05) is 0 Å². The van der Waals surface area contributed by atoms with Gasteiger partial charge in [0, 0.05) is 8.80 Å². The summed E-state index contributed by atoms with van der Waals surface area (Å²) in [6.07, 6.45) is 7.29. The fourth-order valence-electron chi connectivity index (χ4n) is 1.21. The van der Waals surface area contributed by atoms with Gasteiger partial charge in [-0.15, -0.1) is 0 Å². The maximum absolute atomic E-state index is 2.47. The van der Waals surface area contributed by atoms with Crippen LogP contribution in [0.4, 0.5) is 0 Å². The Bertz CT molecular complexity index is 132. The molecule has 0 fully saturated rings. The molecule has 0 aliphatic carbocycles. The van der Waals surface area contributed by atoms with Gasteiger partial charge in [0.2, 0.25) is 0 Å². The van der Waals surface area contributed by atoms with Crippen LogP contribution in [0.25, 0.3) is 0 Å². The Balaban J connectivity index is 3.34. The van der Waals surface area contributed by atoms with E-state index in [9.17, 15) is 0 Å². The highest BCUT2D eigenvalue weighted by Crippen LogP contribution is 2.02. The minimum Gasteiger partial charge on any atom is -0.310 e. The summed E-state index contributed by atoms with van der Waals surface area (Å²) in [6.45, 7) is 5.98. The molecule has 0 radical (unpaired) electrons. The van der Waals surface area contributed by atoms with Gasteiger partial charge in [0.05, 0.1) is 0 Å².